The van der Waals surface area contributed by atoms with Gasteiger partial charge in [-0.2, -0.15) is 0 Å². The minimum absolute atomic E-state index is 0.0814. The summed E-state index contributed by atoms with van der Waals surface area (Å²) in [7, 11) is 0. The molecule has 1 aromatic heterocycles. The molecular weight excluding hydrogens is 328 g/mol. The molecule has 0 aliphatic heterocycles. The number of halogens is 4. The first-order valence-corrected chi connectivity index (χ1v) is 4.83. The second kappa shape index (κ2) is 4.35. The molecule has 1 rings (SSSR count). The Morgan fingerprint density at radius 1 is 1.64 bits per heavy atom. The number of carbonyl (C=O) groups excluding carboxylic acids is 1. The van der Waals surface area contributed by atoms with Gasteiger partial charge in [0.1, 0.15) is 8.85 Å². The number of alkyl halides is 2. The third-order valence-electron chi connectivity index (χ3n) is 1.46. The van der Waals surface area contributed by atoms with Crippen LogP contribution in [0.5, 0.6) is 0 Å². The van der Waals surface area contributed by atoms with E-state index in [1.165, 1.54) is 0 Å². The summed E-state index contributed by atoms with van der Waals surface area (Å²) >= 11 is 7.10. The summed E-state index contributed by atoms with van der Waals surface area (Å²) in [6.07, 6.45) is -2.80. The Bertz CT molecular complexity index is 386. The third-order valence-corrected chi connectivity index (χ3v) is 2.43. The fourth-order valence-corrected chi connectivity index (χ4v) is 2.10. The van der Waals surface area contributed by atoms with E-state index in [1.54, 1.807) is 22.6 Å². The number of hydrogen-bond donors (Lipinski definition) is 1. The maximum atomic E-state index is 12.5. The van der Waals surface area contributed by atoms with Crippen LogP contribution in [0.1, 0.15) is 22.3 Å². The van der Waals surface area contributed by atoms with Crippen molar-refractivity contribution >= 4 is 40.1 Å². The lowest BCUT2D eigenvalue weighted by molar-refractivity contribution is 0.0984. The van der Waals surface area contributed by atoms with Gasteiger partial charge < -0.3 is 5.73 Å². The number of nitrogens with two attached hydrogens (primary N) is 1. The van der Waals surface area contributed by atoms with Gasteiger partial charge >= 0.3 is 0 Å². The van der Waals surface area contributed by atoms with E-state index in [-0.39, 0.29) is 14.4 Å². The molecule has 0 aliphatic rings. The number of carbonyl (C=O) groups is 1. The Hall–Kier alpha value is -0.500. The zero-order chi connectivity index (χ0) is 10.9. The van der Waals surface area contributed by atoms with Crippen molar-refractivity contribution in [3.63, 3.8) is 0 Å². The Morgan fingerprint density at radius 2 is 2.21 bits per heavy atom. The van der Waals surface area contributed by atoms with Crippen LogP contribution in [0.25, 0.3) is 0 Å². The quantitative estimate of drug-likeness (QED) is 0.668. The van der Waals surface area contributed by atoms with Gasteiger partial charge in [0.2, 0.25) is 0 Å². The van der Waals surface area contributed by atoms with Crippen LogP contribution in [-0.4, -0.2) is 10.9 Å². The van der Waals surface area contributed by atoms with Gasteiger partial charge in [0.25, 0.3) is 12.3 Å². The second-order valence-corrected chi connectivity index (χ2v) is 3.77. The second-order valence-electron chi connectivity index (χ2n) is 2.36. The molecule has 0 aromatic carbocycles. The summed E-state index contributed by atoms with van der Waals surface area (Å²) in [5, 5.41) is -0.0882. The van der Waals surface area contributed by atoms with Crippen LogP contribution in [0.3, 0.4) is 0 Å². The minimum atomic E-state index is -2.80. The van der Waals surface area contributed by atoms with Gasteiger partial charge in [-0.3, -0.25) is 4.79 Å². The SMILES string of the molecule is NC(=O)c1c(C(F)F)cc(Cl)nc1I. The largest absolute Gasteiger partial charge is 0.366 e. The Balaban J connectivity index is 3.44. The summed E-state index contributed by atoms with van der Waals surface area (Å²) in [6.45, 7) is 0. The molecule has 7 heteroatoms. The molecule has 0 unspecified atom stereocenters. The van der Waals surface area contributed by atoms with Gasteiger partial charge in [0.05, 0.1) is 5.56 Å². The lowest BCUT2D eigenvalue weighted by atomic mass is 10.1. The molecule has 76 valence electrons. The minimum Gasteiger partial charge on any atom is -0.366 e. The van der Waals surface area contributed by atoms with Gasteiger partial charge in [-0.05, 0) is 28.7 Å². The van der Waals surface area contributed by atoms with Crippen molar-refractivity contribution in [3.05, 3.63) is 26.0 Å². The predicted octanol–water partition coefficient (Wildman–Crippen LogP) is 2.38. The number of nitrogens with zero attached hydrogens (tertiary/aromatic N) is 1. The maximum absolute atomic E-state index is 12.5. The molecule has 1 amide bonds. The van der Waals surface area contributed by atoms with E-state index in [4.69, 9.17) is 17.3 Å². The number of aromatic nitrogens is 1. The van der Waals surface area contributed by atoms with Crippen LogP contribution < -0.4 is 5.73 Å². The fourth-order valence-electron chi connectivity index (χ4n) is 0.918. The number of pyridine rings is 1. The Morgan fingerprint density at radius 3 is 2.64 bits per heavy atom. The summed E-state index contributed by atoms with van der Waals surface area (Å²) in [6, 6.07) is 0.939. The predicted molar refractivity (Wildman–Crippen MR) is 55.4 cm³/mol. The Kier molecular flexibility index (Phi) is 3.59. The van der Waals surface area contributed by atoms with E-state index < -0.39 is 17.9 Å². The van der Waals surface area contributed by atoms with Crippen molar-refractivity contribution in [2.45, 2.75) is 6.43 Å². The highest BCUT2D eigenvalue weighted by Crippen LogP contribution is 2.27. The number of hydrogen-bond acceptors (Lipinski definition) is 2. The molecule has 0 fully saturated rings. The normalized spacial score (nSPS) is 10.6. The van der Waals surface area contributed by atoms with Crippen molar-refractivity contribution < 1.29 is 13.6 Å². The first-order chi connectivity index (χ1) is 6.43. The number of primary amides is 1. The van der Waals surface area contributed by atoms with E-state index in [2.05, 4.69) is 4.98 Å². The molecule has 0 atom stereocenters. The average molecular weight is 332 g/mol. The number of rotatable bonds is 2. The van der Waals surface area contributed by atoms with Crippen LogP contribution in [0.15, 0.2) is 6.07 Å². The molecular formula is C7H4ClF2IN2O. The lowest BCUT2D eigenvalue weighted by Gasteiger charge is -2.07. The fraction of sp³-hybridized carbons (Fsp3) is 0.143. The van der Waals surface area contributed by atoms with Gasteiger partial charge in [-0.15, -0.1) is 0 Å². The monoisotopic (exact) mass is 332 g/mol. The van der Waals surface area contributed by atoms with Crippen LogP contribution in [0, 0.1) is 3.70 Å². The van der Waals surface area contributed by atoms with Crippen molar-refractivity contribution in [2.75, 3.05) is 0 Å². The first kappa shape index (κ1) is 11.6. The average Bonchev–Trinajstić information content (AvgIpc) is 2.01. The van der Waals surface area contributed by atoms with Gasteiger partial charge in [0, 0.05) is 5.56 Å². The van der Waals surface area contributed by atoms with Crippen LogP contribution in [0.4, 0.5) is 8.78 Å². The smallest absolute Gasteiger partial charge is 0.264 e. The molecule has 1 aromatic rings. The van der Waals surface area contributed by atoms with Crippen LogP contribution in [0.2, 0.25) is 5.15 Å². The lowest BCUT2D eigenvalue weighted by Crippen LogP contribution is -2.17. The number of amides is 1. The zero-order valence-electron chi connectivity index (χ0n) is 6.60. The van der Waals surface area contributed by atoms with E-state index >= 15 is 0 Å². The van der Waals surface area contributed by atoms with Gasteiger partial charge in [-0.25, -0.2) is 13.8 Å². The van der Waals surface area contributed by atoms with Crippen molar-refractivity contribution in [3.8, 4) is 0 Å². The van der Waals surface area contributed by atoms with Crippen LogP contribution in [-0.2, 0) is 0 Å². The van der Waals surface area contributed by atoms with Crippen molar-refractivity contribution in [1.82, 2.24) is 4.98 Å². The molecule has 0 saturated heterocycles. The summed E-state index contributed by atoms with van der Waals surface area (Å²) < 4.78 is 25.0. The van der Waals surface area contributed by atoms with E-state index in [9.17, 15) is 13.6 Å². The van der Waals surface area contributed by atoms with Crippen molar-refractivity contribution in [1.29, 1.82) is 0 Å². The van der Waals surface area contributed by atoms with E-state index in [1.807, 2.05) is 0 Å². The zero-order valence-corrected chi connectivity index (χ0v) is 9.51. The Labute approximate surface area is 96.8 Å². The molecule has 14 heavy (non-hydrogen) atoms. The topological polar surface area (TPSA) is 56.0 Å². The van der Waals surface area contributed by atoms with E-state index in [0.717, 1.165) is 6.07 Å². The van der Waals surface area contributed by atoms with Gasteiger partial charge in [-0.1, -0.05) is 11.6 Å². The van der Waals surface area contributed by atoms with Crippen LogP contribution >= 0.6 is 34.2 Å². The first-order valence-electron chi connectivity index (χ1n) is 3.37. The molecule has 3 nitrogen and oxygen atoms in total. The molecule has 1 heterocycles. The summed E-state index contributed by atoms with van der Waals surface area (Å²) in [4.78, 5) is 14.5. The molecule has 2 N–H and O–H groups in total. The molecule has 0 bridgehead atoms. The van der Waals surface area contributed by atoms with Gasteiger partial charge in [0.15, 0.2) is 0 Å². The standard InChI is InChI=1S/C7H4ClF2IN2O/c8-3-1-2(5(9)10)4(7(12)14)6(11)13-3/h1,5H,(H2,12,14). The highest BCUT2D eigenvalue weighted by atomic mass is 127. The molecule has 0 aliphatic carbocycles. The molecule has 0 spiro atoms. The highest BCUT2D eigenvalue weighted by Gasteiger charge is 2.21. The third kappa shape index (κ3) is 2.30. The highest BCUT2D eigenvalue weighted by molar-refractivity contribution is 14.1. The summed E-state index contributed by atoms with van der Waals surface area (Å²) in [5.74, 6) is -0.936. The maximum Gasteiger partial charge on any atom is 0.264 e. The molecule has 0 radical (unpaired) electrons. The van der Waals surface area contributed by atoms with Crippen molar-refractivity contribution in [2.24, 2.45) is 5.73 Å². The summed E-state index contributed by atoms with van der Waals surface area (Å²) in [5.41, 5.74) is 4.19. The molecule has 0 saturated carbocycles. The van der Waals surface area contributed by atoms with E-state index in [0.29, 0.717) is 0 Å².